The SMILES string of the molecule is NC(=O)c1cnn(Cc2ccccc2CC(=O)O)c1. The predicted molar refractivity (Wildman–Crippen MR) is 67.6 cm³/mol. The summed E-state index contributed by atoms with van der Waals surface area (Å²) in [5.74, 6) is -1.42. The Kier molecular flexibility index (Phi) is 3.61. The molecule has 0 unspecified atom stereocenters. The standard InChI is InChI=1S/C13H13N3O3/c14-13(19)11-6-15-16(8-11)7-10-4-2-1-3-9(10)5-12(17)18/h1-4,6,8H,5,7H2,(H2,14,19)(H,17,18). The van der Waals surface area contributed by atoms with Gasteiger partial charge in [0.05, 0.1) is 24.7 Å². The Morgan fingerprint density at radius 1 is 1.26 bits per heavy atom. The first-order chi connectivity index (χ1) is 9.06. The number of rotatable bonds is 5. The fourth-order valence-electron chi connectivity index (χ4n) is 1.80. The van der Waals surface area contributed by atoms with Crippen molar-refractivity contribution in [2.45, 2.75) is 13.0 Å². The number of benzene rings is 1. The number of amides is 1. The number of aliphatic carboxylic acids is 1. The summed E-state index contributed by atoms with van der Waals surface area (Å²) in [6.07, 6.45) is 2.89. The van der Waals surface area contributed by atoms with Crippen LogP contribution in [0.25, 0.3) is 0 Å². The maximum atomic E-state index is 11.0. The predicted octanol–water partition coefficient (Wildman–Crippen LogP) is 0.657. The second-order valence-electron chi connectivity index (χ2n) is 4.13. The Labute approximate surface area is 109 Å². The van der Waals surface area contributed by atoms with Crippen LogP contribution < -0.4 is 5.73 Å². The first kappa shape index (κ1) is 12.8. The fraction of sp³-hybridized carbons (Fsp3) is 0.154. The molecule has 98 valence electrons. The Morgan fingerprint density at radius 3 is 2.53 bits per heavy atom. The molecule has 2 aromatic rings. The molecule has 1 heterocycles. The quantitative estimate of drug-likeness (QED) is 0.823. The number of carbonyl (C=O) groups excluding carboxylic acids is 1. The second-order valence-corrected chi connectivity index (χ2v) is 4.13. The molecule has 0 aliphatic carbocycles. The number of carboxylic acid groups (broad SMARTS) is 1. The van der Waals surface area contributed by atoms with Crippen LogP contribution in [0.3, 0.4) is 0 Å². The molecule has 6 nitrogen and oxygen atoms in total. The molecule has 1 amide bonds. The van der Waals surface area contributed by atoms with Gasteiger partial charge in [-0.25, -0.2) is 0 Å². The van der Waals surface area contributed by atoms with Crippen molar-refractivity contribution in [3.63, 3.8) is 0 Å². The van der Waals surface area contributed by atoms with E-state index in [0.717, 1.165) is 11.1 Å². The molecule has 2 rings (SSSR count). The molecule has 1 aromatic carbocycles. The van der Waals surface area contributed by atoms with E-state index in [0.29, 0.717) is 12.1 Å². The van der Waals surface area contributed by atoms with Crippen molar-refractivity contribution in [3.8, 4) is 0 Å². The molecule has 0 bridgehead atoms. The Balaban J connectivity index is 2.22. The number of carboxylic acids is 1. The maximum absolute atomic E-state index is 11.0. The van der Waals surface area contributed by atoms with Crippen molar-refractivity contribution in [1.82, 2.24) is 9.78 Å². The van der Waals surface area contributed by atoms with Gasteiger partial charge in [0.15, 0.2) is 0 Å². The summed E-state index contributed by atoms with van der Waals surface area (Å²) in [7, 11) is 0. The van der Waals surface area contributed by atoms with E-state index >= 15 is 0 Å². The van der Waals surface area contributed by atoms with Gasteiger partial charge in [0.2, 0.25) is 0 Å². The lowest BCUT2D eigenvalue weighted by Crippen LogP contribution is -2.10. The van der Waals surface area contributed by atoms with E-state index in [2.05, 4.69) is 5.10 Å². The lowest BCUT2D eigenvalue weighted by atomic mass is 10.0. The highest BCUT2D eigenvalue weighted by molar-refractivity contribution is 5.92. The molecule has 1 aromatic heterocycles. The minimum Gasteiger partial charge on any atom is -0.481 e. The topological polar surface area (TPSA) is 98.2 Å². The molecule has 0 radical (unpaired) electrons. The monoisotopic (exact) mass is 259 g/mol. The molecule has 0 saturated carbocycles. The molecule has 0 fully saturated rings. The average Bonchev–Trinajstić information content (AvgIpc) is 2.80. The van der Waals surface area contributed by atoms with E-state index in [1.165, 1.54) is 6.20 Å². The van der Waals surface area contributed by atoms with Gasteiger partial charge in [-0.3, -0.25) is 14.3 Å². The molecule has 0 aliphatic heterocycles. The minimum absolute atomic E-state index is 0.0415. The summed E-state index contributed by atoms with van der Waals surface area (Å²) < 4.78 is 1.56. The third-order valence-corrected chi connectivity index (χ3v) is 2.71. The van der Waals surface area contributed by atoms with Crippen molar-refractivity contribution in [1.29, 1.82) is 0 Å². The van der Waals surface area contributed by atoms with Crippen LogP contribution in [0.1, 0.15) is 21.5 Å². The molecule has 0 spiro atoms. The van der Waals surface area contributed by atoms with Gasteiger partial charge < -0.3 is 10.8 Å². The summed E-state index contributed by atoms with van der Waals surface area (Å²) >= 11 is 0. The Morgan fingerprint density at radius 2 is 1.95 bits per heavy atom. The van der Waals surface area contributed by atoms with Crippen LogP contribution in [0, 0.1) is 0 Å². The lowest BCUT2D eigenvalue weighted by Gasteiger charge is -2.07. The Bertz CT molecular complexity index is 619. The molecule has 19 heavy (non-hydrogen) atoms. The third kappa shape index (κ3) is 3.19. The first-order valence-electron chi connectivity index (χ1n) is 5.67. The molecule has 0 aliphatic rings. The molecule has 6 heteroatoms. The summed E-state index contributed by atoms with van der Waals surface area (Å²) in [4.78, 5) is 21.8. The van der Waals surface area contributed by atoms with Crippen LogP contribution >= 0.6 is 0 Å². The van der Waals surface area contributed by atoms with Gasteiger partial charge in [-0.1, -0.05) is 24.3 Å². The first-order valence-corrected chi connectivity index (χ1v) is 5.67. The minimum atomic E-state index is -0.884. The van der Waals surface area contributed by atoms with Gasteiger partial charge in [0.1, 0.15) is 0 Å². The van der Waals surface area contributed by atoms with Crippen molar-refractivity contribution in [3.05, 3.63) is 53.3 Å². The maximum Gasteiger partial charge on any atom is 0.307 e. The smallest absolute Gasteiger partial charge is 0.307 e. The molecule has 0 saturated heterocycles. The van der Waals surface area contributed by atoms with E-state index in [-0.39, 0.29) is 6.42 Å². The van der Waals surface area contributed by atoms with Crippen LogP contribution in [0.4, 0.5) is 0 Å². The second kappa shape index (κ2) is 5.34. The van der Waals surface area contributed by atoms with Crippen LogP contribution in [0.15, 0.2) is 36.7 Å². The largest absolute Gasteiger partial charge is 0.481 e. The summed E-state index contributed by atoms with van der Waals surface area (Å²) in [5, 5.41) is 12.9. The molecular formula is C13H13N3O3. The normalized spacial score (nSPS) is 10.3. The third-order valence-electron chi connectivity index (χ3n) is 2.71. The van der Waals surface area contributed by atoms with E-state index in [4.69, 9.17) is 10.8 Å². The van der Waals surface area contributed by atoms with Gasteiger partial charge in [-0.05, 0) is 11.1 Å². The molecule has 0 atom stereocenters. The number of aromatic nitrogens is 2. The number of primary amides is 1. The summed E-state index contributed by atoms with van der Waals surface area (Å²) in [6.45, 7) is 0.400. The highest BCUT2D eigenvalue weighted by Gasteiger charge is 2.09. The number of nitrogens with two attached hydrogens (primary N) is 1. The van der Waals surface area contributed by atoms with Gasteiger partial charge in [-0.15, -0.1) is 0 Å². The fourth-order valence-corrected chi connectivity index (χ4v) is 1.80. The van der Waals surface area contributed by atoms with Crippen molar-refractivity contribution in [2.24, 2.45) is 5.73 Å². The van der Waals surface area contributed by atoms with Gasteiger partial charge in [0, 0.05) is 6.20 Å². The number of hydrogen-bond donors (Lipinski definition) is 2. The van der Waals surface area contributed by atoms with Crippen molar-refractivity contribution in [2.75, 3.05) is 0 Å². The van der Waals surface area contributed by atoms with E-state index in [1.807, 2.05) is 12.1 Å². The molecule has 3 N–H and O–H groups in total. The highest BCUT2D eigenvalue weighted by Crippen LogP contribution is 2.11. The van der Waals surface area contributed by atoms with E-state index < -0.39 is 11.9 Å². The number of nitrogens with zero attached hydrogens (tertiary/aromatic N) is 2. The zero-order valence-electron chi connectivity index (χ0n) is 10.1. The van der Waals surface area contributed by atoms with Gasteiger partial charge in [-0.2, -0.15) is 5.10 Å². The zero-order valence-corrected chi connectivity index (χ0v) is 10.1. The number of hydrogen-bond acceptors (Lipinski definition) is 3. The molecular weight excluding hydrogens is 246 g/mol. The van der Waals surface area contributed by atoms with Gasteiger partial charge >= 0.3 is 5.97 Å². The van der Waals surface area contributed by atoms with Crippen molar-refractivity contribution >= 4 is 11.9 Å². The van der Waals surface area contributed by atoms with Crippen LogP contribution in [0.5, 0.6) is 0 Å². The average molecular weight is 259 g/mol. The Hall–Kier alpha value is -2.63. The lowest BCUT2D eigenvalue weighted by molar-refractivity contribution is -0.136. The summed E-state index contributed by atoms with van der Waals surface area (Å²) in [6, 6.07) is 7.23. The number of carbonyl (C=O) groups is 2. The van der Waals surface area contributed by atoms with E-state index in [9.17, 15) is 9.59 Å². The highest BCUT2D eigenvalue weighted by atomic mass is 16.4. The van der Waals surface area contributed by atoms with Crippen LogP contribution in [0.2, 0.25) is 0 Å². The zero-order chi connectivity index (χ0) is 13.8. The van der Waals surface area contributed by atoms with Crippen LogP contribution in [-0.4, -0.2) is 26.8 Å². The van der Waals surface area contributed by atoms with Crippen LogP contribution in [-0.2, 0) is 17.8 Å². The van der Waals surface area contributed by atoms with Crippen molar-refractivity contribution < 1.29 is 14.7 Å². The summed E-state index contributed by atoms with van der Waals surface area (Å²) in [5.41, 5.74) is 7.05. The van der Waals surface area contributed by atoms with E-state index in [1.54, 1.807) is 23.0 Å². The van der Waals surface area contributed by atoms with Gasteiger partial charge in [0.25, 0.3) is 5.91 Å².